The lowest BCUT2D eigenvalue weighted by Gasteiger charge is -1.94. The van der Waals surface area contributed by atoms with E-state index in [9.17, 15) is 4.79 Å². The molecule has 0 aliphatic heterocycles. The maximum atomic E-state index is 10.3. The molecule has 0 heterocycles. The topological polar surface area (TPSA) is 57.5 Å². The molecular formula is C8H12O3. The number of allylic oxidation sites excluding steroid dienone is 2. The molecule has 62 valence electrons. The van der Waals surface area contributed by atoms with Gasteiger partial charge in [-0.1, -0.05) is 13.0 Å². The van der Waals surface area contributed by atoms with Gasteiger partial charge in [0.2, 0.25) is 0 Å². The molecule has 0 aromatic carbocycles. The van der Waals surface area contributed by atoms with Gasteiger partial charge in [-0.15, -0.1) is 0 Å². The van der Waals surface area contributed by atoms with Gasteiger partial charge < -0.3 is 10.2 Å². The number of carboxylic acids is 1. The highest BCUT2D eigenvalue weighted by molar-refractivity contribution is 5.86. The molecule has 0 saturated carbocycles. The Morgan fingerprint density at radius 2 is 2.00 bits per heavy atom. The summed E-state index contributed by atoms with van der Waals surface area (Å²) in [6, 6.07) is 0. The van der Waals surface area contributed by atoms with Crippen molar-refractivity contribution in [2.24, 2.45) is 0 Å². The van der Waals surface area contributed by atoms with Crippen LogP contribution in [0.2, 0.25) is 0 Å². The standard InChI is InChI=1S/C8H12O3/c1-3-4-5-7(9)6(2)8(10)11/h4-5,9H,3H2,1-2H3,(H,10,11)/b5-4+,7-6+. The van der Waals surface area contributed by atoms with Crippen LogP contribution in [0.4, 0.5) is 0 Å². The van der Waals surface area contributed by atoms with Crippen LogP contribution in [0.15, 0.2) is 23.5 Å². The van der Waals surface area contributed by atoms with Crippen LogP contribution in [-0.4, -0.2) is 16.2 Å². The SMILES string of the molecule is CC/C=C/C(O)=C(/C)C(=O)O. The van der Waals surface area contributed by atoms with Gasteiger partial charge in [0, 0.05) is 0 Å². The van der Waals surface area contributed by atoms with E-state index in [0.29, 0.717) is 0 Å². The van der Waals surface area contributed by atoms with Crippen molar-refractivity contribution in [3.8, 4) is 0 Å². The summed E-state index contributed by atoms with van der Waals surface area (Å²) in [6.45, 7) is 3.26. The minimum atomic E-state index is -1.09. The maximum Gasteiger partial charge on any atom is 0.335 e. The number of aliphatic hydroxyl groups is 1. The van der Waals surface area contributed by atoms with Gasteiger partial charge in [0.05, 0.1) is 5.57 Å². The van der Waals surface area contributed by atoms with Gasteiger partial charge in [0.15, 0.2) is 0 Å². The van der Waals surface area contributed by atoms with Crippen molar-refractivity contribution in [2.75, 3.05) is 0 Å². The summed E-state index contributed by atoms with van der Waals surface area (Å²) in [5.74, 6) is -1.28. The fraction of sp³-hybridized carbons (Fsp3) is 0.375. The first-order valence-corrected chi connectivity index (χ1v) is 3.39. The van der Waals surface area contributed by atoms with Crippen molar-refractivity contribution < 1.29 is 15.0 Å². The van der Waals surface area contributed by atoms with Crippen LogP contribution in [-0.2, 0) is 4.79 Å². The average Bonchev–Trinajstić information content (AvgIpc) is 1.98. The van der Waals surface area contributed by atoms with Gasteiger partial charge >= 0.3 is 5.97 Å². The molecule has 0 aliphatic carbocycles. The highest BCUT2D eigenvalue weighted by atomic mass is 16.4. The first-order chi connectivity index (χ1) is 5.09. The third kappa shape index (κ3) is 3.45. The number of aliphatic hydroxyl groups excluding tert-OH is 1. The van der Waals surface area contributed by atoms with Crippen LogP contribution in [0.3, 0.4) is 0 Å². The fourth-order valence-electron chi connectivity index (χ4n) is 0.464. The Balaban J connectivity index is 4.40. The molecule has 0 aliphatic rings. The molecule has 0 saturated heterocycles. The van der Waals surface area contributed by atoms with Crippen molar-refractivity contribution in [1.82, 2.24) is 0 Å². The predicted molar refractivity (Wildman–Crippen MR) is 42.4 cm³/mol. The molecule has 0 spiro atoms. The van der Waals surface area contributed by atoms with E-state index in [4.69, 9.17) is 10.2 Å². The summed E-state index contributed by atoms with van der Waals surface area (Å²) in [7, 11) is 0. The Kier molecular flexibility index (Phi) is 4.03. The zero-order valence-electron chi connectivity index (χ0n) is 6.66. The van der Waals surface area contributed by atoms with E-state index in [2.05, 4.69) is 0 Å². The average molecular weight is 156 g/mol. The molecule has 0 bridgehead atoms. The smallest absolute Gasteiger partial charge is 0.335 e. The van der Waals surface area contributed by atoms with Gasteiger partial charge in [0.25, 0.3) is 0 Å². The normalized spacial score (nSPS) is 13.3. The second kappa shape index (κ2) is 4.55. The van der Waals surface area contributed by atoms with E-state index in [1.165, 1.54) is 13.0 Å². The highest BCUT2D eigenvalue weighted by Gasteiger charge is 2.03. The number of hydrogen-bond acceptors (Lipinski definition) is 2. The largest absolute Gasteiger partial charge is 0.507 e. The first kappa shape index (κ1) is 9.75. The molecule has 0 amide bonds. The number of carboxylic acid groups (broad SMARTS) is 1. The number of rotatable bonds is 3. The zero-order valence-corrected chi connectivity index (χ0v) is 6.66. The van der Waals surface area contributed by atoms with E-state index in [0.717, 1.165) is 6.42 Å². The minimum Gasteiger partial charge on any atom is -0.507 e. The van der Waals surface area contributed by atoms with E-state index in [1.807, 2.05) is 6.92 Å². The fourth-order valence-corrected chi connectivity index (χ4v) is 0.464. The quantitative estimate of drug-likeness (QED) is 0.372. The van der Waals surface area contributed by atoms with Gasteiger partial charge in [0.1, 0.15) is 5.76 Å². The molecular weight excluding hydrogens is 144 g/mol. The Bertz CT molecular complexity index is 201. The van der Waals surface area contributed by atoms with E-state index in [1.54, 1.807) is 6.08 Å². The summed E-state index contributed by atoms with van der Waals surface area (Å²) >= 11 is 0. The minimum absolute atomic E-state index is 0.0327. The van der Waals surface area contributed by atoms with Crippen LogP contribution in [0.25, 0.3) is 0 Å². The zero-order chi connectivity index (χ0) is 8.85. The van der Waals surface area contributed by atoms with Crippen LogP contribution in [0.1, 0.15) is 20.3 Å². The molecule has 0 radical (unpaired) electrons. The summed E-state index contributed by atoms with van der Waals surface area (Å²) in [5, 5.41) is 17.4. The van der Waals surface area contributed by atoms with E-state index < -0.39 is 5.97 Å². The van der Waals surface area contributed by atoms with Crippen LogP contribution >= 0.6 is 0 Å². The third-order valence-corrected chi connectivity index (χ3v) is 1.22. The second-order valence-corrected chi connectivity index (χ2v) is 2.13. The van der Waals surface area contributed by atoms with Crippen molar-refractivity contribution >= 4 is 5.97 Å². The van der Waals surface area contributed by atoms with Crippen LogP contribution in [0, 0.1) is 0 Å². The maximum absolute atomic E-state index is 10.3. The Hall–Kier alpha value is -1.25. The summed E-state index contributed by atoms with van der Waals surface area (Å²) in [6.07, 6.45) is 3.86. The van der Waals surface area contributed by atoms with E-state index in [-0.39, 0.29) is 11.3 Å². The molecule has 3 nitrogen and oxygen atoms in total. The van der Waals surface area contributed by atoms with Crippen molar-refractivity contribution in [2.45, 2.75) is 20.3 Å². The summed E-state index contributed by atoms with van der Waals surface area (Å²) in [4.78, 5) is 10.3. The second-order valence-electron chi connectivity index (χ2n) is 2.13. The van der Waals surface area contributed by atoms with Crippen molar-refractivity contribution in [3.63, 3.8) is 0 Å². The Labute approximate surface area is 65.7 Å². The van der Waals surface area contributed by atoms with Crippen molar-refractivity contribution in [3.05, 3.63) is 23.5 Å². The number of carbonyl (C=O) groups is 1. The highest BCUT2D eigenvalue weighted by Crippen LogP contribution is 2.02. The number of hydrogen-bond donors (Lipinski definition) is 2. The monoisotopic (exact) mass is 156 g/mol. The summed E-state index contributed by atoms with van der Waals surface area (Å²) in [5.41, 5.74) is -0.0327. The van der Waals surface area contributed by atoms with E-state index >= 15 is 0 Å². The molecule has 0 atom stereocenters. The molecule has 3 heteroatoms. The molecule has 2 N–H and O–H groups in total. The molecule has 0 rings (SSSR count). The lowest BCUT2D eigenvalue weighted by molar-refractivity contribution is -0.132. The van der Waals surface area contributed by atoms with Gasteiger partial charge in [-0.25, -0.2) is 4.79 Å². The van der Waals surface area contributed by atoms with Crippen LogP contribution < -0.4 is 0 Å². The lowest BCUT2D eigenvalue weighted by atomic mass is 10.2. The van der Waals surface area contributed by atoms with Gasteiger partial charge in [-0.3, -0.25) is 0 Å². The first-order valence-electron chi connectivity index (χ1n) is 3.39. The molecule has 0 aromatic rings. The Morgan fingerprint density at radius 1 is 1.45 bits per heavy atom. The van der Waals surface area contributed by atoms with Crippen LogP contribution in [0.5, 0.6) is 0 Å². The van der Waals surface area contributed by atoms with Gasteiger partial charge in [-0.05, 0) is 19.4 Å². The predicted octanol–water partition coefficient (Wildman–Crippen LogP) is 1.87. The Morgan fingerprint density at radius 3 is 2.36 bits per heavy atom. The molecule has 11 heavy (non-hydrogen) atoms. The summed E-state index contributed by atoms with van der Waals surface area (Å²) < 4.78 is 0. The molecule has 0 unspecified atom stereocenters. The van der Waals surface area contributed by atoms with Crippen molar-refractivity contribution in [1.29, 1.82) is 0 Å². The van der Waals surface area contributed by atoms with Gasteiger partial charge in [-0.2, -0.15) is 0 Å². The molecule has 0 fully saturated rings. The molecule has 0 aromatic heterocycles. The number of aliphatic carboxylic acids is 1. The lowest BCUT2D eigenvalue weighted by Crippen LogP contribution is -1.99. The third-order valence-electron chi connectivity index (χ3n) is 1.22.